The Bertz CT molecular complexity index is 769. The van der Waals surface area contributed by atoms with E-state index in [4.69, 9.17) is 4.74 Å². The number of benzene rings is 1. The van der Waals surface area contributed by atoms with E-state index in [-0.39, 0.29) is 24.0 Å². The van der Waals surface area contributed by atoms with Crippen molar-refractivity contribution in [2.24, 2.45) is 5.41 Å². The molecule has 0 aliphatic carbocycles. The lowest BCUT2D eigenvalue weighted by Gasteiger charge is -2.40. The summed E-state index contributed by atoms with van der Waals surface area (Å²) in [5.41, 5.74) is -0.260. The average molecular weight is 502 g/mol. The molecule has 0 radical (unpaired) electrons. The fourth-order valence-corrected chi connectivity index (χ4v) is 4.02. The molecular weight excluding hydrogens is 475 g/mol. The maximum Gasteiger partial charge on any atom is 0.267 e. The Morgan fingerprint density at radius 1 is 1.30 bits per heavy atom. The molecule has 7 heteroatoms. The summed E-state index contributed by atoms with van der Waals surface area (Å²) in [4.78, 5) is 28.1. The van der Waals surface area contributed by atoms with Crippen LogP contribution in [0.2, 0.25) is 0 Å². The number of carbonyl (C=O) groups excluding carboxylic acids is 2. The van der Waals surface area contributed by atoms with E-state index in [1.165, 1.54) is 16.7 Å². The van der Waals surface area contributed by atoms with Crippen LogP contribution in [0, 0.1) is 8.99 Å². The third-order valence-corrected chi connectivity index (χ3v) is 6.56. The maximum atomic E-state index is 13.1. The van der Waals surface area contributed by atoms with Gasteiger partial charge in [-0.3, -0.25) is 14.5 Å². The van der Waals surface area contributed by atoms with Crippen LogP contribution >= 0.6 is 34.4 Å². The van der Waals surface area contributed by atoms with Crippen molar-refractivity contribution in [3.05, 3.63) is 38.5 Å². The van der Waals surface area contributed by atoms with E-state index in [0.717, 1.165) is 9.32 Å². The Labute approximate surface area is 179 Å². The van der Waals surface area contributed by atoms with Gasteiger partial charge in [0.15, 0.2) is 6.73 Å². The molecule has 0 aromatic heterocycles. The van der Waals surface area contributed by atoms with Gasteiger partial charge in [0.25, 0.3) is 5.91 Å². The molecule has 1 aromatic carbocycles. The number of allylic oxidation sites excluding steroid dienone is 1. The Balaban J connectivity index is 2.17. The highest BCUT2D eigenvalue weighted by Gasteiger charge is 2.42. The van der Waals surface area contributed by atoms with Crippen molar-refractivity contribution in [1.82, 2.24) is 4.90 Å². The normalized spacial score (nSPS) is 15.7. The smallest absolute Gasteiger partial charge is 0.267 e. The van der Waals surface area contributed by atoms with Crippen LogP contribution in [0.25, 0.3) is 0 Å². The van der Waals surface area contributed by atoms with E-state index in [9.17, 15) is 9.59 Å². The van der Waals surface area contributed by atoms with Gasteiger partial charge in [-0.1, -0.05) is 26.8 Å². The van der Waals surface area contributed by atoms with Crippen LogP contribution in [0.3, 0.4) is 0 Å². The second kappa shape index (κ2) is 8.43. The van der Waals surface area contributed by atoms with Gasteiger partial charge < -0.3 is 10.1 Å². The lowest BCUT2D eigenvalue weighted by atomic mass is 10.0. The summed E-state index contributed by atoms with van der Waals surface area (Å²) in [5.74, 6) is 1.01. The molecule has 2 rings (SSSR count). The fraction of sp³-hybridized carbons (Fsp3) is 0.500. The van der Waals surface area contributed by atoms with Crippen LogP contribution in [0.1, 0.15) is 41.5 Å². The number of rotatable bonds is 5. The van der Waals surface area contributed by atoms with E-state index in [2.05, 4.69) is 48.7 Å². The molecule has 1 heterocycles. The molecule has 5 nitrogen and oxygen atoms in total. The summed E-state index contributed by atoms with van der Waals surface area (Å²) in [7, 11) is 0. The molecule has 1 aromatic rings. The number of anilines is 1. The van der Waals surface area contributed by atoms with E-state index in [0.29, 0.717) is 16.4 Å². The molecule has 1 aliphatic rings. The summed E-state index contributed by atoms with van der Waals surface area (Å²) in [6.07, 6.45) is 0. The highest BCUT2D eigenvalue weighted by Crippen LogP contribution is 2.34. The molecule has 0 saturated heterocycles. The highest BCUT2D eigenvalue weighted by molar-refractivity contribution is 14.1. The van der Waals surface area contributed by atoms with Crippen LogP contribution in [0.15, 0.2) is 34.9 Å². The van der Waals surface area contributed by atoms with Gasteiger partial charge in [-0.05, 0) is 67.0 Å². The number of carbonyl (C=O) groups is 2. The third kappa shape index (κ3) is 5.63. The zero-order chi connectivity index (χ0) is 20.4. The standard InChI is InChI=1S/C20H27IN2O3S/c1-13-16(27-11-19(2,3)4)17(24)23(12-26-13)20(5,6)18(25)22-15-9-7-8-14(21)10-15/h7-10H,11-12H2,1-6H3,(H,22,25). The fourth-order valence-electron chi connectivity index (χ4n) is 2.40. The molecule has 148 valence electrons. The van der Waals surface area contributed by atoms with Crippen LogP contribution < -0.4 is 5.32 Å². The van der Waals surface area contributed by atoms with E-state index >= 15 is 0 Å². The van der Waals surface area contributed by atoms with Crippen LogP contribution in [-0.2, 0) is 14.3 Å². The number of hydrogen-bond donors (Lipinski definition) is 1. The average Bonchev–Trinajstić information content (AvgIpc) is 2.53. The van der Waals surface area contributed by atoms with Crippen molar-refractivity contribution in [3.63, 3.8) is 0 Å². The van der Waals surface area contributed by atoms with Gasteiger partial charge in [0, 0.05) is 15.0 Å². The third-order valence-electron chi connectivity index (χ3n) is 4.13. The van der Waals surface area contributed by atoms with Crippen molar-refractivity contribution < 1.29 is 14.3 Å². The number of ether oxygens (including phenoxy) is 1. The second-order valence-corrected chi connectivity index (χ2v) is 10.5. The monoisotopic (exact) mass is 502 g/mol. The molecule has 27 heavy (non-hydrogen) atoms. The van der Waals surface area contributed by atoms with E-state index in [1.807, 2.05) is 24.3 Å². The predicted molar refractivity (Wildman–Crippen MR) is 119 cm³/mol. The van der Waals surface area contributed by atoms with Crippen molar-refractivity contribution in [1.29, 1.82) is 0 Å². The lowest BCUT2D eigenvalue weighted by molar-refractivity contribution is -0.148. The number of nitrogens with zero attached hydrogens (tertiary/aromatic N) is 1. The zero-order valence-corrected chi connectivity index (χ0v) is 19.7. The first-order valence-electron chi connectivity index (χ1n) is 8.77. The second-order valence-electron chi connectivity index (χ2n) is 8.26. The molecule has 0 saturated carbocycles. The quantitative estimate of drug-likeness (QED) is 0.586. The van der Waals surface area contributed by atoms with Crippen molar-refractivity contribution in [3.8, 4) is 0 Å². The molecular formula is C20H27IN2O3S. The highest BCUT2D eigenvalue weighted by atomic mass is 127. The van der Waals surface area contributed by atoms with Gasteiger partial charge in [-0.15, -0.1) is 11.8 Å². The van der Waals surface area contributed by atoms with Gasteiger partial charge in [0.05, 0.1) is 0 Å². The Hall–Kier alpha value is -1.22. The number of nitrogens with one attached hydrogen (secondary N) is 1. The minimum Gasteiger partial charge on any atom is -0.476 e. The molecule has 0 spiro atoms. The summed E-state index contributed by atoms with van der Waals surface area (Å²) in [6.45, 7) is 11.7. The van der Waals surface area contributed by atoms with Crippen LogP contribution in [0.5, 0.6) is 0 Å². The SMILES string of the molecule is CC1=C(SCC(C)(C)C)C(=O)N(C(C)(C)C(=O)Nc2cccc(I)c2)CO1. The Kier molecular flexibility index (Phi) is 6.89. The molecule has 0 bridgehead atoms. The Morgan fingerprint density at radius 2 is 1.96 bits per heavy atom. The predicted octanol–water partition coefficient (Wildman–Crippen LogP) is 4.84. The maximum absolute atomic E-state index is 13.1. The van der Waals surface area contributed by atoms with Gasteiger partial charge >= 0.3 is 0 Å². The van der Waals surface area contributed by atoms with Gasteiger partial charge in [0.2, 0.25) is 5.91 Å². The summed E-state index contributed by atoms with van der Waals surface area (Å²) in [6, 6.07) is 7.56. The van der Waals surface area contributed by atoms with Gasteiger partial charge in [0.1, 0.15) is 16.2 Å². The molecule has 2 amide bonds. The largest absolute Gasteiger partial charge is 0.476 e. The number of amides is 2. The zero-order valence-electron chi connectivity index (χ0n) is 16.7. The molecule has 1 aliphatic heterocycles. The van der Waals surface area contributed by atoms with Crippen molar-refractivity contribution >= 4 is 51.9 Å². The van der Waals surface area contributed by atoms with Crippen LogP contribution in [-0.4, -0.2) is 34.7 Å². The number of halogens is 1. The van der Waals surface area contributed by atoms with Crippen molar-refractivity contribution in [2.45, 2.75) is 47.1 Å². The first kappa shape index (κ1) is 22.1. The van der Waals surface area contributed by atoms with E-state index < -0.39 is 5.54 Å². The number of thioether (sulfide) groups is 1. The number of hydrogen-bond acceptors (Lipinski definition) is 4. The lowest BCUT2D eigenvalue weighted by Crippen LogP contribution is -2.57. The molecule has 0 atom stereocenters. The molecule has 0 unspecified atom stereocenters. The Morgan fingerprint density at radius 3 is 2.56 bits per heavy atom. The molecule has 1 N–H and O–H groups in total. The topological polar surface area (TPSA) is 58.6 Å². The molecule has 0 fully saturated rings. The summed E-state index contributed by atoms with van der Waals surface area (Å²) >= 11 is 3.68. The van der Waals surface area contributed by atoms with Gasteiger partial charge in [-0.25, -0.2) is 0 Å². The van der Waals surface area contributed by atoms with E-state index in [1.54, 1.807) is 20.8 Å². The minimum atomic E-state index is -1.05. The first-order valence-corrected chi connectivity index (χ1v) is 10.8. The van der Waals surface area contributed by atoms with Gasteiger partial charge in [-0.2, -0.15) is 0 Å². The minimum absolute atomic E-state index is 0.0665. The summed E-state index contributed by atoms with van der Waals surface area (Å²) in [5, 5.41) is 2.91. The first-order chi connectivity index (χ1) is 12.4. The van der Waals surface area contributed by atoms with Crippen molar-refractivity contribution in [2.75, 3.05) is 17.8 Å². The summed E-state index contributed by atoms with van der Waals surface area (Å²) < 4.78 is 6.76. The van der Waals surface area contributed by atoms with Crippen LogP contribution in [0.4, 0.5) is 5.69 Å².